The van der Waals surface area contributed by atoms with E-state index in [4.69, 9.17) is 10.8 Å². The zero-order valence-electron chi connectivity index (χ0n) is 9.45. The van der Waals surface area contributed by atoms with E-state index in [1.54, 1.807) is 12.3 Å². The van der Waals surface area contributed by atoms with Crippen LogP contribution in [0.4, 0.5) is 0 Å². The van der Waals surface area contributed by atoms with Gasteiger partial charge in [0.25, 0.3) is 0 Å². The molecule has 6 heteroatoms. The monoisotopic (exact) mass is 268 g/mol. The van der Waals surface area contributed by atoms with E-state index in [0.717, 1.165) is 16.5 Å². The van der Waals surface area contributed by atoms with Gasteiger partial charge in [-0.05, 0) is 11.6 Å². The van der Waals surface area contributed by atoms with Crippen molar-refractivity contribution < 1.29 is 14.7 Å². The molecule has 3 N–H and O–H groups in total. The van der Waals surface area contributed by atoms with E-state index >= 15 is 0 Å². The number of hydrogen-bond donors (Lipinski definition) is 2. The normalized spacial score (nSPS) is 11.8. The minimum absolute atomic E-state index is 0. The Hall–Kier alpha value is -1.85. The first kappa shape index (κ1) is 14.2. The summed E-state index contributed by atoms with van der Waals surface area (Å²) in [6.07, 6.45) is 2.52. The molecule has 0 aliphatic carbocycles. The third-order valence-electron chi connectivity index (χ3n) is 2.69. The van der Waals surface area contributed by atoms with E-state index in [1.807, 2.05) is 18.2 Å². The summed E-state index contributed by atoms with van der Waals surface area (Å²) in [5, 5.41) is 9.64. The lowest BCUT2D eigenvalue weighted by Gasteiger charge is -2.04. The average Bonchev–Trinajstić information content (AvgIpc) is 2.68. The molecule has 96 valence electrons. The lowest BCUT2D eigenvalue weighted by atomic mass is 10.1. The fourth-order valence-corrected chi connectivity index (χ4v) is 1.85. The summed E-state index contributed by atoms with van der Waals surface area (Å²) in [6, 6.07) is 6.36. The Morgan fingerprint density at radius 3 is 2.72 bits per heavy atom. The number of carboxylic acids is 1. The van der Waals surface area contributed by atoms with Crippen LogP contribution in [-0.2, 0) is 16.0 Å². The Balaban J connectivity index is 0.00000162. The zero-order chi connectivity index (χ0) is 12.4. The highest BCUT2D eigenvalue weighted by Gasteiger charge is 2.15. The predicted molar refractivity (Wildman–Crippen MR) is 70.6 cm³/mol. The highest BCUT2D eigenvalue weighted by molar-refractivity contribution is 5.89. The van der Waals surface area contributed by atoms with E-state index in [-0.39, 0.29) is 18.8 Å². The SMILES string of the molecule is Cl.N[C@@H](Cc1cn(C=O)c2ccccc12)C(=O)O. The van der Waals surface area contributed by atoms with Crippen molar-refractivity contribution in [1.29, 1.82) is 0 Å². The van der Waals surface area contributed by atoms with Crippen molar-refractivity contribution in [2.24, 2.45) is 5.73 Å². The summed E-state index contributed by atoms with van der Waals surface area (Å²) in [5.74, 6) is -1.05. The van der Waals surface area contributed by atoms with Gasteiger partial charge in [0.2, 0.25) is 6.41 Å². The summed E-state index contributed by atoms with van der Waals surface area (Å²) in [7, 11) is 0. The van der Waals surface area contributed by atoms with E-state index in [9.17, 15) is 9.59 Å². The number of nitrogens with two attached hydrogens (primary N) is 1. The maximum atomic E-state index is 10.9. The number of aromatic nitrogens is 1. The number of carbonyl (C=O) groups excluding carboxylic acids is 1. The molecule has 18 heavy (non-hydrogen) atoms. The summed E-state index contributed by atoms with van der Waals surface area (Å²) in [6.45, 7) is 0. The van der Waals surface area contributed by atoms with Gasteiger partial charge in [-0.15, -0.1) is 12.4 Å². The van der Waals surface area contributed by atoms with E-state index in [1.165, 1.54) is 4.57 Å². The number of rotatable bonds is 4. The molecule has 0 bridgehead atoms. The number of halogens is 1. The first-order valence-corrected chi connectivity index (χ1v) is 5.15. The second-order valence-corrected chi connectivity index (χ2v) is 3.83. The molecule has 0 radical (unpaired) electrons. The van der Waals surface area contributed by atoms with Crippen LogP contribution in [0.2, 0.25) is 0 Å². The van der Waals surface area contributed by atoms with Gasteiger partial charge in [0.15, 0.2) is 0 Å². The van der Waals surface area contributed by atoms with Crippen LogP contribution >= 0.6 is 12.4 Å². The largest absolute Gasteiger partial charge is 0.480 e. The molecule has 0 amide bonds. The molecule has 0 aliphatic heterocycles. The molecular formula is C12H13ClN2O3. The van der Waals surface area contributed by atoms with Crippen molar-refractivity contribution in [2.75, 3.05) is 0 Å². The van der Waals surface area contributed by atoms with E-state index in [0.29, 0.717) is 6.41 Å². The summed E-state index contributed by atoms with van der Waals surface area (Å²) >= 11 is 0. The number of nitrogens with zero attached hydrogens (tertiary/aromatic N) is 1. The van der Waals surface area contributed by atoms with Gasteiger partial charge < -0.3 is 10.8 Å². The first-order valence-electron chi connectivity index (χ1n) is 5.15. The number of aliphatic carboxylic acids is 1. The Kier molecular flexibility index (Phi) is 4.47. The molecule has 0 unspecified atom stereocenters. The van der Waals surface area contributed by atoms with Gasteiger partial charge in [-0.2, -0.15) is 0 Å². The van der Waals surface area contributed by atoms with Crippen molar-refractivity contribution in [3.05, 3.63) is 36.0 Å². The number of para-hydroxylation sites is 1. The molecule has 0 aliphatic rings. The Bertz CT molecular complexity index is 580. The van der Waals surface area contributed by atoms with Crippen LogP contribution in [0.25, 0.3) is 10.9 Å². The van der Waals surface area contributed by atoms with Crippen LogP contribution < -0.4 is 5.73 Å². The molecule has 0 fully saturated rings. The van der Waals surface area contributed by atoms with E-state index < -0.39 is 12.0 Å². The molecule has 2 aromatic rings. The van der Waals surface area contributed by atoms with Gasteiger partial charge in [0.1, 0.15) is 6.04 Å². The van der Waals surface area contributed by atoms with Gasteiger partial charge in [-0.1, -0.05) is 18.2 Å². The molecule has 0 spiro atoms. The van der Waals surface area contributed by atoms with Crippen LogP contribution in [0.1, 0.15) is 5.56 Å². The highest BCUT2D eigenvalue weighted by atomic mass is 35.5. The number of hydrogen-bond acceptors (Lipinski definition) is 3. The van der Waals surface area contributed by atoms with Crippen molar-refractivity contribution in [3.63, 3.8) is 0 Å². The maximum absolute atomic E-state index is 10.9. The third kappa shape index (κ3) is 2.52. The van der Waals surface area contributed by atoms with Crippen LogP contribution in [0, 0.1) is 0 Å². The summed E-state index contributed by atoms with van der Waals surface area (Å²) in [5.41, 5.74) is 7.02. The second-order valence-electron chi connectivity index (χ2n) is 3.83. The average molecular weight is 269 g/mol. The van der Waals surface area contributed by atoms with Crippen molar-refractivity contribution >= 4 is 35.7 Å². The van der Waals surface area contributed by atoms with Crippen LogP contribution in [0.15, 0.2) is 30.5 Å². The fraction of sp³-hybridized carbons (Fsp3) is 0.167. The Labute approximate surface area is 110 Å². The molecule has 2 rings (SSSR count). The Morgan fingerprint density at radius 2 is 2.11 bits per heavy atom. The molecule has 5 nitrogen and oxygen atoms in total. The van der Waals surface area contributed by atoms with Gasteiger partial charge in [0, 0.05) is 18.0 Å². The molecule has 1 atom stereocenters. The van der Waals surface area contributed by atoms with Gasteiger partial charge in [-0.3, -0.25) is 14.2 Å². The number of benzene rings is 1. The molecule has 0 saturated heterocycles. The van der Waals surface area contributed by atoms with Crippen LogP contribution in [0.5, 0.6) is 0 Å². The number of carboxylic acid groups (broad SMARTS) is 1. The zero-order valence-corrected chi connectivity index (χ0v) is 10.3. The van der Waals surface area contributed by atoms with Crippen molar-refractivity contribution in [3.8, 4) is 0 Å². The van der Waals surface area contributed by atoms with Gasteiger partial charge in [-0.25, -0.2) is 0 Å². The number of fused-ring (bicyclic) bond motifs is 1. The topological polar surface area (TPSA) is 85.3 Å². The van der Waals surface area contributed by atoms with Crippen LogP contribution in [0.3, 0.4) is 0 Å². The smallest absolute Gasteiger partial charge is 0.320 e. The summed E-state index contributed by atoms with van der Waals surface area (Å²) < 4.78 is 1.43. The van der Waals surface area contributed by atoms with Crippen molar-refractivity contribution in [2.45, 2.75) is 12.5 Å². The first-order chi connectivity index (χ1) is 8.13. The minimum Gasteiger partial charge on any atom is -0.480 e. The third-order valence-corrected chi connectivity index (χ3v) is 2.69. The van der Waals surface area contributed by atoms with Gasteiger partial charge >= 0.3 is 5.97 Å². The number of carbonyl (C=O) groups is 2. The standard InChI is InChI=1S/C12H12N2O3.ClH/c13-10(12(16)17)5-8-6-14(7-15)11-4-2-1-3-9(8)11;/h1-4,6-7,10H,5,13H2,(H,16,17);1H/t10-;/m0./s1. The second kappa shape index (κ2) is 5.66. The lowest BCUT2D eigenvalue weighted by molar-refractivity contribution is -0.138. The predicted octanol–water partition coefficient (Wildman–Crippen LogP) is 1.06. The van der Waals surface area contributed by atoms with Crippen LogP contribution in [-0.4, -0.2) is 28.1 Å². The highest BCUT2D eigenvalue weighted by Crippen LogP contribution is 2.21. The van der Waals surface area contributed by atoms with Gasteiger partial charge in [0.05, 0.1) is 5.52 Å². The fourth-order valence-electron chi connectivity index (χ4n) is 1.85. The molecule has 1 aromatic carbocycles. The quantitative estimate of drug-likeness (QED) is 0.812. The Morgan fingerprint density at radius 1 is 1.44 bits per heavy atom. The van der Waals surface area contributed by atoms with Crippen molar-refractivity contribution in [1.82, 2.24) is 4.57 Å². The molecule has 1 aromatic heterocycles. The molecular weight excluding hydrogens is 256 g/mol. The maximum Gasteiger partial charge on any atom is 0.320 e. The minimum atomic E-state index is -1.05. The molecule has 0 saturated carbocycles. The van der Waals surface area contributed by atoms with E-state index in [2.05, 4.69) is 0 Å². The lowest BCUT2D eigenvalue weighted by Crippen LogP contribution is -2.32. The molecule has 1 heterocycles. The summed E-state index contributed by atoms with van der Waals surface area (Å²) in [4.78, 5) is 21.6.